The predicted molar refractivity (Wildman–Crippen MR) is 79.0 cm³/mol. The smallest absolute Gasteiger partial charge is 0.345 e. The van der Waals surface area contributed by atoms with E-state index < -0.39 is 16.0 Å². The van der Waals surface area contributed by atoms with Gasteiger partial charge in [0.1, 0.15) is 15.5 Å². The summed E-state index contributed by atoms with van der Waals surface area (Å²) in [7, 11) is -3.83. The summed E-state index contributed by atoms with van der Waals surface area (Å²) in [6, 6.07) is 1.12. The Kier molecular flexibility index (Phi) is 4.51. The molecule has 0 amide bonds. The van der Waals surface area contributed by atoms with Gasteiger partial charge in [-0.25, -0.2) is 17.9 Å². The summed E-state index contributed by atoms with van der Waals surface area (Å²) < 4.78 is 32.1. The zero-order chi connectivity index (χ0) is 15.8. The third kappa shape index (κ3) is 3.34. The van der Waals surface area contributed by atoms with E-state index in [1.807, 2.05) is 0 Å². The molecule has 0 fully saturated rings. The van der Waals surface area contributed by atoms with Crippen molar-refractivity contribution in [1.82, 2.24) is 9.88 Å². The van der Waals surface area contributed by atoms with Crippen molar-refractivity contribution in [2.75, 3.05) is 0 Å². The van der Waals surface area contributed by atoms with Crippen LogP contribution in [-0.4, -0.2) is 24.7 Å². The van der Waals surface area contributed by atoms with Gasteiger partial charge in [0.2, 0.25) is 10.0 Å². The molecule has 0 radical (unpaired) electrons. The van der Waals surface area contributed by atoms with E-state index in [-0.39, 0.29) is 20.1 Å². The first kappa shape index (κ1) is 16.1. The zero-order valence-electron chi connectivity index (χ0n) is 11.0. The molecule has 10 heteroatoms. The topological polar surface area (TPSA) is 110 Å². The van der Waals surface area contributed by atoms with Gasteiger partial charge in [-0.2, -0.15) is 0 Å². The Labute approximate surface area is 133 Å². The summed E-state index contributed by atoms with van der Waals surface area (Å²) in [5.41, 5.74) is 1.26. The highest BCUT2D eigenvalue weighted by Crippen LogP contribution is 2.31. The molecule has 2 aromatic heterocycles. The number of carboxylic acids is 1. The third-order valence-electron chi connectivity index (χ3n) is 2.78. The molecule has 114 valence electrons. The largest absolute Gasteiger partial charge is 0.477 e. The molecule has 0 saturated carbocycles. The normalized spacial score (nSPS) is 11.8. The molecule has 21 heavy (non-hydrogen) atoms. The van der Waals surface area contributed by atoms with E-state index in [9.17, 15) is 13.2 Å². The molecule has 2 N–H and O–H groups in total. The van der Waals surface area contributed by atoms with Crippen LogP contribution in [0.3, 0.4) is 0 Å². The number of halogens is 1. The van der Waals surface area contributed by atoms with E-state index in [2.05, 4.69) is 25.8 Å². The average Bonchev–Trinajstić information content (AvgIpc) is 2.92. The van der Waals surface area contributed by atoms with Gasteiger partial charge in [-0.1, -0.05) is 5.16 Å². The quantitative estimate of drug-likeness (QED) is 0.804. The lowest BCUT2D eigenvalue weighted by Crippen LogP contribution is -2.23. The number of rotatable bonds is 5. The minimum absolute atomic E-state index is 0.0220. The Morgan fingerprint density at radius 2 is 2.19 bits per heavy atom. The first-order valence-corrected chi connectivity index (χ1v) is 8.75. The maximum Gasteiger partial charge on any atom is 0.345 e. The number of hydrogen-bond donors (Lipinski definition) is 2. The van der Waals surface area contributed by atoms with Crippen molar-refractivity contribution < 1.29 is 22.8 Å². The number of carboxylic acid groups (broad SMARTS) is 1. The van der Waals surface area contributed by atoms with E-state index >= 15 is 0 Å². The van der Waals surface area contributed by atoms with Crippen LogP contribution in [0.15, 0.2) is 19.3 Å². The van der Waals surface area contributed by atoms with Crippen LogP contribution in [-0.2, 0) is 16.6 Å². The highest BCUT2D eigenvalue weighted by molar-refractivity contribution is 9.11. The highest BCUT2D eigenvalue weighted by Gasteiger charge is 2.23. The first-order chi connectivity index (χ1) is 9.72. The van der Waals surface area contributed by atoms with Crippen molar-refractivity contribution in [2.24, 2.45) is 0 Å². The van der Waals surface area contributed by atoms with Crippen molar-refractivity contribution >= 4 is 43.3 Å². The summed E-state index contributed by atoms with van der Waals surface area (Å²) >= 11 is 3.92. The lowest BCUT2D eigenvalue weighted by atomic mass is 10.2. The second-order valence-electron chi connectivity index (χ2n) is 4.18. The van der Waals surface area contributed by atoms with Crippen molar-refractivity contribution in [1.29, 1.82) is 0 Å². The summed E-state index contributed by atoms with van der Waals surface area (Å²) in [5.74, 6) is -0.640. The minimum atomic E-state index is -3.83. The number of nitrogens with zero attached hydrogens (tertiary/aromatic N) is 1. The number of aryl methyl sites for hydroxylation is 2. The molecule has 2 rings (SSSR count). The lowest BCUT2D eigenvalue weighted by Gasteiger charge is -2.05. The SMILES string of the molecule is Cc1noc(C)c1CNS(=O)(=O)c1cc(C(=O)O)sc1Br. The standard InChI is InChI=1S/C11H11BrN2O5S2/c1-5-7(6(2)19-14-5)4-13-21(17,18)9-3-8(11(15)16)20-10(9)12/h3,13H,4H2,1-2H3,(H,15,16). The van der Waals surface area contributed by atoms with Gasteiger partial charge in [0, 0.05) is 12.1 Å². The molecule has 0 aromatic carbocycles. The number of carbonyl (C=O) groups is 1. The van der Waals surface area contributed by atoms with Crippen LogP contribution in [0.25, 0.3) is 0 Å². The fourth-order valence-corrected chi connectivity index (χ4v) is 5.04. The van der Waals surface area contributed by atoms with E-state index in [0.29, 0.717) is 17.0 Å². The molecule has 0 atom stereocenters. The number of thiophene rings is 1. The van der Waals surface area contributed by atoms with Crippen LogP contribution >= 0.6 is 27.3 Å². The number of nitrogens with one attached hydrogen (secondary N) is 1. The average molecular weight is 395 g/mol. The van der Waals surface area contributed by atoms with Crippen molar-refractivity contribution in [2.45, 2.75) is 25.3 Å². The summed E-state index contributed by atoms with van der Waals surface area (Å²) in [4.78, 5) is 10.7. The van der Waals surface area contributed by atoms with Crippen LogP contribution in [0.4, 0.5) is 0 Å². The maximum absolute atomic E-state index is 12.2. The van der Waals surface area contributed by atoms with Gasteiger partial charge in [0.25, 0.3) is 0 Å². The van der Waals surface area contributed by atoms with Crippen molar-refractivity contribution in [3.63, 3.8) is 0 Å². The Morgan fingerprint density at radius 3 is 2.67 bits per heavy atom. The summed E-state index contributed by atoms with van der Waals surface area (Å²) in [5, 5.41) is 12.6. The molecule has 2 aromatic rings. The van der Waals surface area contributed by atoms with Gasteiger partial charge in [0.05, 0.1) is 9.48 Å². The minimum Gasteiger partial charge on any atom is -0.477 e. The van der Waals surface area contributed by atoms with Gasteiger partial charge < -0.3 is 9.63 Å². The number of sulfonamides is 1. The van der Waals surface area contributed by atoms with Gasteiger partial charge in [0.15, 0.2) is 0 Å². The summed E-state index contributed by atoms with van der Waals surface area (Å²) in [6.45, 7) is 3.42. The second kappa shape index (κ2) is 5.87. The molecule has 0 unspecified atom stereocenters. The van der Waals surface area contributed by atoms with Crippen molar-refractivity contribution in [3.05, 3.63) is 31.7 Å². The van der Waals surface area contributed by atoms with Crippen LogP contribution in [0.2, 0.25) is 0 Å². The van der Waals surface area contributed by atoms with E-state index in [1.165, 1.54) is 0 Å². The fraction of sp³-hybridized carbons (Fsp3) is 0.273. The Balaban J connectivity index is 2.25. The van der Waals surface area contributed by atoms with Gasteiger partial charge in [-0.05, 0) is 35.8 Å². The van der Waals surface area contributed by atoms with Crippen LogP contribution in [0.5, 0.6) is 0 Å². The van der Waals surface area contributed by atoms with Gasteiger partial charge >= 0.3 is 5.97 Å². The Bertz CT molecular complexity index is 774. The number of aromatic nitrogens is 1. The molecule has 0 aliphatic heterocycles. The Morgan fingerprint density at radius 1 is 1.52 bits per heavy atom. The molecule has 0 bridgehead atoms. The highest BCUT2D eigenvalue weighted by atomic mass is 79.9. The maximum atomic E-state index is 12.2. The first-order valence-electron chi connectivity index (χ1n) is 5.66. The molecule has 7 nitrogen and oxygen atoms in total. The molecule has 2 heterocycles. The molecule has 0 aliphatic rings. The Hall–Kier alpha value is -1.23. The molecular formula is C11H11BrN2O5S2. The molecular weight excluding hydrogens is 384 g/mol. The van der Waals surface area contributed by atoms with Crippen LogP contribution < -0.4 is 4.72 Å². The van der Waals surface area contributed by atoms with Crippen LogP contribution in [0, 0.1) is 13.8 Å². The predicted octanol–water partition coefficient (Wildman–Crippen LogP) is 2.29. The zero-order valence-corrected chi connectivity index (χ0v) is 14.2. The van der Waals surface area contributed by atoms with E-state index in [0.717, 1.165) is 17.4 Å². The summed E-state index contributed by atoms with van der Waals surface area (Å²) in [6.07, 6.45) is 0. The molecule has 0 aliphatic carbocycles. The lowest BCUT2D eigenvalue weighted by molar-refractivity contribution is 0.0702. The van der Waals surface area contributed by atoms with Crippen molar-refractivity contribution in [3.8, 4) is 0 Å². The monoisotopic (exact) mass is 394 g/mol. The molecule has 0 saturated heterocycles. The van der Waals surface area contributed by atoms with E-state index in [4.69, 9.17) is 9.63 Å². The van der Waals surface area contributed by atoms with Gasteiger partial charge in [-0.3, -0.25) is 0 Å². The number of hydrogen-bond acceptors (Lipinski definition) is 6. The number of aromatic carboxylic acids is 1. The van der Waals surface area contributed by atoms with E-state index in [1.54, 1.807) is 13.8 Å². The van der Waals surface area contributed by atoms with Gasteiger partial charge in [-0.15, -0.1) is 11.3 Å². The second-order valence-corrected chi connectivity index (χ2v) is 8.29. The fourth-order valence-electron chi connectivity index (χ4n) is 1.64. The third-order valence-corrected chi connectivity index (χ3v) is 6.42. The molecule has 0 spiro atoms. The van der Waals surface area contributed by atoms with Crippen LogP contribution in [0.1, 0.15) is 26.7 Å².